The van der Waals surface area contributed by atoms with Gasteiger partial charge in [0.2, 0.25) is 0 Å². The maximum absolute atomic E-state index is 3.58. The molecule has 1 heteroatoms. The van der Waals surface area contributed by atoms with Gasteiger partial charge in [0.15, 0.2) is 0 Å². The fraction of sp³-hybridized carbons (Fsp3) is 1.00. The lowest BCUT2D eigenvalue weighted by atomic mass is 9.72. The molecule has 0 aromatic carbocycles. The van der Waals surface area contributed by atoms with Gasteiger partial charge in [-0.3, -0.25) is 0 Å². The van der Waals surface area contributed by atoms with Gasteiger partial charge in [0.1, 0.15) is 0 Å². The van der Waals surface area contributed by atoms with E-state index in [1.165, 1.54) is 12.8 Å². The second-order valence-corrected chi connectivity index (χ2v) is 5.50. The third-order valence-corrected chi connectivity index (χ3v) is 3.07. The summed E-state index contributed by atoms with van der Waals surface area (Å²) in [5, 5.41) is 3.58. The molecule has 0 amide bonds. The van der Waals surface area contributed by atoms with E-state index in [4.69, 9.17) is 0 Å². The molecule has 2 atom stereocenters. The van der Waals surface area contributed by atoms with Gasteiger partial charge in [-0.15, -0.1) is 0 Å². The third-order valence-electron chi connectivity index (χ3n) is 3.07. The topological polar surface area (TPSA) is 12.0 Å². The molecule has 1 N–H and O–H groups in total. The Hall–Kier alpha value is -0.0400. The minimum Gasteiger partial charge on any atom is -0.312 e. The van der Waals surface area contributed by atoms with Crippen LogP contribution in [0.25, 0.3) is 0 Å². The van der Waals surface area contributed by atoms with Gasteiger partial charge in [-0.1, -0.05) is 20.8 Å². The molecule has 0 unspecified atom stereocenters. The van der Waals surface area contributed by atoms with Crippen molar-refractivity contribution in [2.75, 3.05) is 0 Å². The van der Waals surface area contributed by atoms with Crippen molar-refractivity contribution in [3.05, 3.63) is 0 Å². The van der Waals surface area contributed by atoms with E-state index in [0.717, 1.165) is 5.92 Å². The van der Waals surface area contributed by atoms with Gasteiger partial charge in [0, 0.05) is 12.1 Å². The SMILES string of the molecule is C[C@@H]1CC(C(C)(C)C)C[C@@H](C)N1. The molecule has 1 saturated heterocycles. The fourth-order valence-corrected chi connectivity index (χ4v) is 2.28. The first kappa shape index (κ1) is 10.0. The Morgan fingerprint density at radius 1 is 1.00 bits per heavy atom. The summed E-state index contributed by atoms with van der Waals surface area (Å²) >= 11 is 0. The molecule has 0 aliphatic carbocycles. The molecule has 0 radical (unpaired) electrons. The van der Waals surface area contributed by atoms with E-state index < -0.39 is 0 Å². The first-order chi connectivity index (χ1) is 5.39. The van der Waals surface area contributed by atoms with E-state index >= 15 is 0 Å². The molecule has 1 rings (SSSR count). The Morgan fingerprint density at radius 3 is 1.75 bits per heavy atom. The minimum atomic E-state index is 0.491. The quantitative estimate of drug-likeness (QED) is 0.588. The first-order valence-electron chi connectivity index (χ1n) is 5.15. The maximum Gasteiger partial charge on any atom is 0.00440 e. The van der Waals surface area contributed by atoms with E-state index in [-0.39, 0.29) is 0 Å². The van der Waals surface area contributed by atoms with Crippen LogP contribution in [0.3, 0.4) is 0 Å². The van der Waals surface area contributed by atoms with E-state index in [0.29, 0.717) is 17.5 Å². The molecule has 1 aliphatic heterocycles. The molecule has 0 aromatic heterocycles. The predicted octanol–water partition coefficient (Wildman–Crippen LogP) is 2.81. The fourth-order valence-electron chi connectivity index (χ4n) is 2.28. The van der Waals surface area contributed by atoms with E-state index in [1.807, 2.05) is 0 Å². The molecule has 1 heterocycles. The summed E-state index contributed by atoms with van der Waals surface area (Å²) in [4.78, 5) is 0. The summed E-state index contributed by atoms with van der Waals surface area (Å²) in [6.07, 6.45) is 2.68. The van der Waals surface area contributed by atoms with Crippen LogP contribution in [-0.4, -0.2) is 12.1 Å². The van der Waals surface area contributed by atoms with Crippen LogP contribution in [0, 0.1) is 11.3 Å². The average Bonchev–Trinajstić information content (AvgIpc) is 1.82. The van der Waals surface area contributed by atoms with Crippen molar-refractivity contribution >= 4 is 0 Å². The van der Waals surface area contributed by atoms with Gasteiger partial charge >= 0.3 is 0 Å². The molecule has 1 aliphatic rings. The highest BCUT2D eigenvalue weighted by Crippen LogP contribution is 2.35. The van der Waals surface area contributed by atoms with Crippen LogP contribution in [0.4, 0.5) is 0 Å². The highest BCUT2D eigenvalue weighted by Gasteiger charge is 2.31. The van der Waals surface area contributed by atoms with E-state index in [2.05, 4.69) is 39.9 Å². The number of hydrogen-bond acceptors (Lipinski definition) is 1. The van der Waals surface area contributed by atoms with Crippen LogP contribution in [0.15, 0.2) is 0 Å². The summed E-state index contributed by atoms with van der Waals surface area (Å²) in [5.41, 5.74) is 0.491. The average molecular weight is 169 g/mol. The number of piperidine rings is 1. The van der Waals surface area contributed by atoms with Crippen LogP contribution >= 0.6 is 0 Å². The van der Waals surface area contributed by atoms with Crippen LogP contribution in [0.1, 0.15) is 47.5 Å². The standard InChI is InChI=1S/C11H23N/c1-8-6-10(11(3,4)5)7-9(2)12-8/h8-10,12H,6-7H2,1-5H3/t8-,9-/m1/s1. The molecule has 0 spiro atoms. The van der Waals surface area contributed by atoms with Gasteiger partial charge in [-0.05, 0) is 38.0 Å². The Labute approximate surface area is 76.9 Å². The predicted molar refractivity (Wildman–Crippen MR) is 54.2 cm³/mol. The number of rotatable bonds is 0. The van der Waals surface area contributed by atoms with Crippen molar-refractivity contribution in [1.29, 1.82) is 0 Å². The molecule has 1 fully saturated rings. The molecular formula is C11H23N. The van der Waals surface area contributed by atoms with Crippen LogP contribution in [0.2, 0.25) is 0 Å². The second kappa shape index (κ2) is 3.37. The molecule has 0 aromatic rings. The summed E-state index contributed by atoms with van der Waals surface area (Å²) in [6, 6.07) is 1.41. The van der Waals surface area contributed by atoms with Gasteiger partial charge in [-0.25, -0.2) is 0 Å². The van der Waals surface area contributed by atoms with Crippen molar-refractivity contribution in [3.63, 3.8) is 0 Å². The van der Waals surface area contributed by atoms with E-state index in [9.17, 15) is 0 Å². The number of hydrogen-bond donors (Lipinski definition) is 1. The summed E-state index contributed by atoms with van der Waals surface area (Å²) in [5.74, 6) is 0.892. The smallest absolute Gasteiger partial charge is 0.00440 e. The van der Waals surface area contributed by atoms with Crippen molar-refractivity contribution in [2.24, 2.45) is 11.3 Å². The Bertz CT molecular complexity index is 136. The minimum absolute atomic E-state index is 0.491. The lowest BCUT2D eigenvalue weighted by Gasteiger charge is -2.40. The van der Waals surface area contributed by atoms with Crippen molar-refractivity contribution in [3.8, 4) is 0 Å². The summed E-state index contributed by atoms with van der Waals surface area (Å²) < 4.78 is 0. The molecule has 72 valence electrons. The van der Waals surface area contributed by atoms with Crippen LogP contribution in [-0.2, 0) is 0 Å². The third kappa shape index (κ3) is 2.48. The summed E-state index contributed by atoms with van der Waals surface area (Å²) in [6.45, 7) is 11.7. The normalized spacial score (nSPS) is 38.2. The van der Waals surface area contributed by atoms with Gasteiger partial charge < -0.3 is 5.32 Å². The summed E-state index contributed by atoms with van der Waals surface area (Å²) in [7, 11) is 0. The monoisotopic (exact) mass is 169 g/mol. The maximum atomic E-state index is 3.58. The number of nitrogens with one attached hydrogen (secondary N) is 1. The zero-order valence-electron chi connectivity index (χ0n) is 9.15. The molecule has 1 nitrogen and oxygen atoms in total. The van der Waals surface area contributed by atoms with Crippen molar-refractivity contribution in [2.45, 2.75) is 59.5 Å². The van der Waals surface area contributed by atoms with Gasteiger partial charge in [0.05, 0.1) is 0 Å². The highest BCUT2D eigenvalue weighted by atomic mass is 15.0. The lowest BCUT2D eigenvalue weighted by Crippen LogP contribution is -2.45. The molecule has 0 saturated carbocycles. The Morgan fingerprint density at radius 2 is 1.42 bits per heavy atom. The zero-order valence-corrected chi connectivity index (χ0v) is 9.15. The second-order valence-electron chi connectivity index (χ2n) is 5.50. The zero-order chi connectivity index (χ0) is 9.35. The van der Waals surface area contributed by atoms with Crippen molar-refractivity contribution < 1.29 is 0 Å². The van der Waals surface area contributed by atoms with Crippen molar-refractivity contribution in [1.82, 2.24) is 5.32 Å². The van der Waals surface area contributed by atoms with Gasteiger partial charge in [0.25, 0.3) is 0 Å². The lowest BCUT2D eigenvalue weighted by molar-refractivity contribution is 0.141. The largest absolute Gasteiger partial charge is 0.312 e. The van der Waals surface area contributed by atoms with Gasteiger partial charge in [-0.2, -0.15) is 0 Å². The van der Waals surface area contributed by atoms with Crippen LogP contribution < -0.4 is 5.32 Å². The Kier molecular flexibility index (Phi) is 2.82. The Balaban J connectivity index is 2.55. The van der Waals surface area contributed by atoms with Crippen LogP contribution in [0.5, 0.6) is 0 Å². The highest BCUT2D eigenvalue weighted by molar-refractivity contribution is 4.86. The molecule has 12 heavy (non-hydrogen) atoms. The molecule has 0 bridgehead atoms. The van der Waals surface area contributed by atoms with E-state index in [1.54, 1.807) is 0 Å². The molecular weight excluding hydrogens is 146 g/mol. The first-order valence-corrected chi connectivity index (χ1v) is 5.15.